The van der Waals surface area contributed by atoms with Crippen molar-refractivity contribution in [1.29, 1.82) is 0 Å². The van der Waals surface area contributed by atoms with E-state index in [4.69, 9.17) is 0 Å². The third-order valence-electron chi connectivity index (χ3n) is 1.28. The van der Waals surface area contributed by atoms with Crippen molar-refractivity contribution in [2.75, 3.05) is 20.1 Å². The van der Waals surface area contributed by atoms with Crippen LogP contribution in [0.25, 0.3) is 0 Å². The highest BCUT2D eigenvalue weighted by Crippen LogP contribution is 1.90. The molecule has 0 bridgehead atoms. The van der Waals surface area contributed by atoms with Crippen LogP contribution in [-0.4, -0.2) is 31.2 Å². The van der Waals surface area contributed by atoms with Crippen molar-refractivity contribution in [1.82, 2.24) is 5.01 Å². The topological polar surface area (TPSA) is 28.0 Å². The molecule has 0 aliphatic rings. The van der Waals surface area contributed by atoms with E-state index < -0.39 is 0 Å². The maximum atomic E-state index is 3.97. The molecule has 0 aromatic carbocycles. The van der Waals surface area contributed by atoms with Gasteiger partial charge in [-0.1, -0.05) is 13.3 Å². The van der Waals surface area contributed by atoms with Gasteiger partial charge in [0.05, 0.1) is 0 Å². The summed E-state index contributed by atoms with van der Waals surface area (Å²) in [5, 5.41) is 5.83. The first-order valence-electron chi connectivity index (χ1n) is 4.14. The minimum absolute atomic E-state index is 0.755. The zero-order valence-electron chi connectivity index (χ0n) is 7.67. The third kappa shape index (κ3) is 7.07. The molecule has 3 heteroatoms. The van der Waals surface area contributed by atoms with E-state index in [1.165, 1.54) is 12.8 Å². The van der Waals surface area contributed by atoms with Crippen molar-refractivity contribution in [3.05, 3.63) is 0 Å². The second kappa shape index (κ2) is 7.29. The molecule has 0 aliphatic heterocycles. The minimum Gasteiger partial charge on any atom is -0.291 e. The Hall–Kier alpha value is -0.820. The average molecular weight is 155 g/mol. The van der Waals surface area contributed by atoms with Gasteiger partial charge in [0, 0.05) is 20.1 Å². The van der Waals surface area contributed by atoms with E-state index in [1.807, 2.05) is 19.0 Å². The van der Waals surface area contributed by atoms with Crippen LogP contribution in [0.4, 0.5) is 0 Å². The smallest absolute Gasteiger partial charge is 0.114 e. The number of nitrogens with zero attached hydrogens (tertiary/aromatic N) is 3. The normalized spacial score (nSPS) is 8.64. The number of hydrazone groups is 1. The molecule has 0 N–H and O–H groups in total. The maximum Gasteiger partial charge on any atom is 0.114 e. The van der Waals surface area contributed by atoms with E-state index in [0.717, 1.165) is 13.1 Å². The molecule has 0 atom stereocenters. The first-order chi connectivity index (χ1) is 5.31. The van der Waals surface area contributed by atoms with Crippen molar-refractivity contribution in [3.8, 4) is 0 Å². The Labute approximate surface area is 68.8 Å². The Bertz CT molecular complexity index is 136. The van der Waals surface area contributed by atoms with Gasteiger partial charge in [0.25, 0.3) is 0 Å². The molecule has 0 radical (unpaired) electrons. The maximum absolute atomic E-state index is 3.97. The zero-order chi connectivity index (χ0) is 8.53. The Balaban J connectivity index is 3.50. The summed E-state index contributed by atoms with van der Waals surface area (Å²) in [6.07, 6.45) is 2.37. The van der Waals surface area contributed by atoms with Gasteiger partial charge in [-0.05, 0) is 13.3 Å². The van der Waals surface area contributed by atoms with Crippen LogP contribution in [0.1, 0.15) is 26.7 Å². The molecular weight excluding hydrogens is 138 g/mol. The van der Waals surface area contributed by atoms with Gasteiger partial charge >= 0.3 is 0 Å². The lowest BCUT2D eigenvalue weighted by Crippen LogP contribution is -2.11. The molecule has 0 unspecified atom stereocenters. The Morgan fingerprint density at radius 1 is 1.36 bits per heavy atom. The van der Waals surface area contributed by atoms with Crippen LogP contribution in [0, 0.1) is 0 Å². The van der Waals surface area contributed by atoms with Gasteiger partial charge in [-0.2, -0.15) is 0 Å². The monoisotopic (exact) mass is 155 g/mol. The van der Waals surface area contributed by atoms with Crippen LogP contribution in [-0.2, 0) is 0 Å². The van der Waals surface area contributed by atoms with Crippen molar-refractivity contribution >= 4 is 6.01 Å². The van der Waals surface area contributed by atoms with Crippen LogP contribution in [0.2, 0.25) is 0 Å². The van der Waals surface area contributed by atoms with E-state index in [9.17, 15) is 0 Å². The first kappa shape index (κ1) is 10.2. The second-order valence-corrected chi connectivity index (χ2v) is 2.41. The van der Waals surface area contributed by atoms with Gasteiger partial charge in [0.15, 0.2) is 0 Å². The summed E-state index contributed by atoms with van der Waals surface area (Å²) in [4.78, 5) is 3.86. The number of rotatable bonds is 5. The van der Waals surface area contributed by atoms with Gasteiger partial charge in [-0.3, -0.25) is 5.01 Å². The molecule has 0 aromatic heterocycles. The lowest BCUT2D eigenvalue weighted by atomic mass is 10.3. The number of hydrogen-bond acceptors (Lipinski definition) is 3. The highest BCUT2D eigenvalue weighted by atomic mass is 15.4. The van der Waals surface area contributed by atoms with Crippen LogP contribution in [0.15, 0.2) is 10.1 Å². The highest BCUT2D eigenvalue weighted by molar-refractivity contribution is 5.40. The molecule has 64 valence electrons. The van der Waals surface area contributed by atoms with E-state index in [1.54, 1.807) is 0 Å². The van der Waals surface area contributed by atoms with Crippen LogP contribution < -0.4 is 0 Å². The summed E-state index contributed by atoms with van der Waals surface area (Å²) in [7, 11) is 1.94. The molecule has 0 fully saturated rings. The van der Waals surface area contributed by atoms with Gasteiger partial charge < -0.3 is 0 Å². The largest absolute Gasteiger partial charge is 0.291 e. The Morgan fingerprint density at radius 3 is 2.64 bits per heavy atom. The van der Waals surface area contributed by atoms with Gasteiger partial charge in [0.1, 0.15) is 6.01 Å². The SMILES string of the molecule is CCCCN(C)N=C=NCC. The van der Waals surface area contributed by atoms with Crippen LogP contribution in [0.3, 0.4) is 0 Å². The summed E-state index contributed by atoms with van der Waals surface area (Å²) in [5.74, 6) is 0. The van der Waals surface area contributed by atoms with E-state index in [-0.39, 0.29) is 0 Å². The van der Waals surface area contributed by atoms with Crippen LogP contribution >= 0.6 is 0 Å². The minimum atomic E-state index is 0.755. The zero-order valence-corrected chi connectivity index (χ0v) is 7.67. The lowest BCUT2D eigenvalue weighted by Gasteiger charge is -2.08. The summed E-state index contributed by atoms with van der Waals surface area (Å²) < 4.78 is 0. The number of hydrogen-bond donors (Lipinski definition) is 0. The second-order valence-electron chi connectivity index (χ2n) is 2.41. The fraction of sp³-hybridized carbons (Fsp3) is 0.875. The lowest BCUT2D eigenvalue weighted by molar-refractivity contribution is 0.349. The molecular formula is C8H17N3. The Kier molecular flexibility index (Phi) is 6.75. The van der Waals surface area contributed by atoms with Gasteiger partial charge in [0.2, 0.25) is 0 Å². The molecule has 0 amide bonds. The molecule has 0 aliphatic carbocycles. The van der Waals surface area contributed by atoms with Gasteiger partial charge in [-0.15, -0.1) is 5.10 Å². The van der Waals surface area contributed by atoms with E-state index >= 15 is 0 Å². The van der Waals surface area contributed by atoms with Crippen LogP contribution in [0.5, 0.6) is 0 Å². The number of unbranched alkanes of at least 4 members (excludes halogenated alkanes) is 1. The van der Waals surface area contributed by atoms with Crippen molar-refractivity contribution in [2.24, 2.45) is 10.1 Å². The summed E-state index contributed by atoms with van der Waals surface area (Å²) in [5.41, 5.74) is 0. The standard InChI is InChI=1S/C8H17N3/c1-4-6-7-11(3)10-8-9-5-2/h4-7H2,1-3H3. The number of aliphatic imine (C=N–C) groups is 1. The summed E-state index contributed by atoms with van der Waals surface area (Å²) in [6.45, 7) is 5.88. The van der Waals surface area contributed by atoms with Crippen molar-refractivity contribution in [2.45, 2.75) is 26.7 Å². The quantitative estimate of drug-likeness (QED) is 0.439. The average Bonchev–Trinajstić information content (AvgIpc) is 2.01. The van der Waals surface area contributed by atoms with E-state index in [2.05, 4.69) is 23.0 Å². The summed E-state index contributed by atoms with van der Waals surface area (Å²) in [6, 6.07) is 2.62. The first-order valence-corrected chi connectivity index (χ1v) is 4.14. The predicted octanol–water partition coefficient (Wildman–Crippen LogP) is 1.83. The van der Waals surface area contributed by atoms with Crippen molar-refractivity contribution in [3.63, 3.8) is 0 Å². The third-order valence-corrected chi connectivity index (χ3v) is 1.28. The molecule has 0 saturated heterocycles. The molecule has 3 nitrogen and oxygen atoms in total. The summed E-state index contributed by atoms with van der Waals surface area (Å²) >= 11 is 0. The molecule has 0 rings (SSSR count). The Morgan fingerprint density at radius 2 is 2.09 bits per heavy atom. The molecule has 0 saturated carbocycles. The fourth-order valence-electron chi connectivity index (χ4n) is 0.616. The highest BCUT2D eigenvalue weighted by Gasteiger charge is 1.88. The van der Waals surface area contributed by atoms with Crippen molar-refractivity contribution < 1.29 is 0 Å². The van der Waals surface area contributed by atoms with Gasteiger partial charge in [-0.25, -0.2) is 4.99 Å². The van der Waals surface area contributed by atoms with E-state index in [0.29, 0.717) is 0 Å². The molecule has 0 spiro atoms. The molecule has 11 heavy (non-hydrogen) atoms. The molecule has 0 aromatic rings. The fourth-order valence-corrected chi connectivity index (χ4v) is 0.616. The molecule has 0 heterocycles. The predicted molar refractivity (Wildman–Crippen MR) is 47.9 cm³/mol.